The van der Waals surface area contributed by atoms with Gasteiger partial charge in [-0.2, -0.15) is 5.26 Å². The summed E-state index contributed by atoms with van der Waals surface area (Å²) in [6.07, 6.45) is 2.33. The smallest absolute Gasteiger partial charge is 0.101 e. The second-order valence-electron chi connectivity index (χ2n) is 5.14. The van der Waals surface area contributed by atoms with E-state index in [9.17, 15) is 0 Å². The van der Waals surface area contributed by atoms with Gasteiger partial charge in [0.15, 0.2) is 0 Å². The van der Waals surface area contributed by atoms with E-state index in [1.54, 1.807) is 12.1 Å². The molecule has 0 amide bonds. The first-order chi connectivity index (χ1) is 10.3. The molecule has 0 spiro atoms. The van der Waals surface area contributed by atoms with Gasteiger partial charge in [-0.15, -0.1) is 0 Å². The number of hydrogen-bond acceptors (Lipinski definition) is 3. The lowest BCUT2D eigenvalue weighted by atomic mass is 9.99. The van der Waals surface area contributed by atoms with Gasteiger partial charge in [-0.1, -0.05) is 29.8 Å². The van der Waals surface area contributed by atoms with Crippen LogP contribution in [-0.4, -0.2) is 6.54 Å². The van der Waals surface area contributed by atoms with Crippen molar-refractivity contribution in [2.45, 2.75) is 19.4 Å². The first kappa shape index (κ1) is 13.8. The highest BCUT2D eigenvalue weighted by atomic mass is 35.5. The van der Waals surface area contributed by atoms with Crippen molar-refractivity contribution >= 4 is 23.0 Å². The maximum Gasteiger partial charge on any atom is 0.101 e. The summed E-state index contributed by atoms with van der Waals surface area (Å²) < 4.78 is 0. The third kappa shape index (κ3) is 2.96. The monoisotopic (exact) mass is 297 g/mol. The van der Waals surface area contributed by atoms with E-state index in [4.69, 9.17) is 16.9 Å². The fourth-order valence-corrected chi connectivity index (χ4v) is 2.86. The molecule has 0 fully saturated rings. The van der Waals surface area contributed by atoms with Crippen molar-refractivity contribution in [3.05, 3.63) is 58.1 Å². The van der Waals surface area contributed by atoms with Crippen LogP contribution in [0.1, 0.15) is 23.1 Å². The van der Waals surface area contributed by atoms with Crippen LogP contribution in [0.3, 0.4) is 0 Å². The van der Waals surface area contributed by atoms with Crippen LogP contribution in [0.5, 0.6) is 0 Å². The minimum Gasteiger partial charge on any atom is -0.385 e. The van der Waals surface area contributed by atoms with Crippen LogP contribution in [0, 0.1) is 11.3 Å². The molecule has 0 bridgehead atoms. The number of aryl methyl sites for hydroxylation is 1. The molecule has 2 aromatic carbocycles. The summed E-state index contributed by atoms with van der Waals surface area (Å²) in [7, 11) is 0. The van der Waals surface area contributed by atoms with Gasteiger partial charge in [-0.25, -0.2) is 0 Å². The number of benzene rings is 2. The Morgan fingerprint density at radius 1 is 1.29 bits per heavy atom. The van der Waals surface area contributed by atoms with Crippen LogP contribution in [-0.2, 0) is 13.0 Å². The van der Waals surface area contributed by atoms with Gasteiger partial charge in [-0.05, 0) is 42.2 Å². The molecule has 0 aromatic heterocycles. The van der Waals surface area contributed by atoms with Gasteiger partial charge in [0.1, 0.15) is 6.07 Å². The quantitative estimate of drug-likeness (QED) is 0.893. The summed E-state index contributed by atoms with van der Waals surface area (Å²) in [5.74, 6) is 0. The van der Waals surface area contributed by atoms with E-state index in [2.05, 4.69) is 34.9 Å². The molecule has 0 atom stereocenters. The molecule has 3 rings (SSSR count). The fraction of sp³-hybridized carbons (Fsp3) is 0.235. The predicted molar refractivity (Wildman–Crippen MR) is 86.7 cm³/mol. The van der Waals surface area contributed by atoms with Crippen LogP contribution in [0.15, 0.2) is 36.4 Å². The predicted octanol–water partition coefficient (Wildman–Crippen LogP) is 4.18. The van der Waals surface area contributed by atoms with Crippen LogP contribution in [0.2, 0.25) is 5.02 Å². The Kier molecular flexibility index (Phi) is 3.98. The Labute approximate surface area is 129 Å². The number of anilines is 2. The normalized spacial score (nSPS) is 13.0. The lowest BCUT2D eigenvalue weighted by molar-refractivity contribution is 0.825. The molecule has 0 aliphatic carbocycles. The highest BCUT2D eigenvalue weighted by Gasteiger charge is 2.12. The molecule has 2 N–H and O–H groups in total. The molecule has 2 aromatic rings. The fourth-order valence-electron chi connectivity index (χ4n) is 2.64. The van der Waals surface area contributed by atoms with E-state index in [1.165, 1.54) is 23.2 Å². The van der Waals surface area contributed by atoms with Crippen LogP contribution in [0.25, 0.3) is 0 Å². The van der Waals surface area contributed by atoms with Gasteiger partial charge in [0.2, 0.25) is 0 Å². The lowest BCUT2D eigenvalue weighted by Crippen LogP contribution is -2.15. The third-order valence-corrected chi connectivity index (χ3v) is 4.05. The zero-order chi connectivity index (χ0) is 14.7. The van der Waals surface area contributed by atoms with Gasteiger partial charge in [0.25, 0.3) is 0 Å². The molecule has 3 nitrogen and oxygen atoms in total. The molecular weight excluding hydrogens is 282 g/mol. The Morgan fingerprint density at radius 3 is 3.00 bits per heavy atom. The number of nitriles is 1. The van der Waals surface area contributed by atoms with Crippen molar-refractivity contribution in [1.82, 2.24) is 0 Å². The summed E-state index contributed by atoms with van der Waals surface area (Å²) in [6.45, 7) is 1.77. The van der Waals surface area contributed by atoms with E-state index in [0.717, 1.165) is 25.2 Å². The minimum absolute atomic E-state index is 0.482. The second kappa shape index (κ2) is 6.07. The Hall–Kier alpha value is -2.18. The zero-order valence-electron chi connectivity index (χ0n) is 11.6. The van der Waals surface area contributed by atoms with Crippen LogP contribution < -0.4 is 10.6 Å². The summed E-state index contributed by atoms with van der Waals surface area (Å²) >= 11 is 6.05. The van der Waals surface area contributed by atoms with Crippen molar-refractivity contribution in [2.24, 2.45) is 0 Å². The number of fused-ring (bicyclic) bond motifs is 1. The number of para-hydroxylation sites is 1. The molecule has 0 saturated heterocycles. The topological polar surface area (TPSA) is 47.9 Å². The largest absolute Gasteiger partial charge is 0.385 e. The SMILES string of the molecule is N#Cc1ccc(NCc2cccc3c2NCCC3)cc1Cl. The van der Waals surface area contributed by atoms with E-state index < -0.39 is 0 Å². The van der Waals surface area contributed by atoms with Crippen molar-refractivity contribution in [3.8, 4) is 6.07 Å². The first-order valence-electron chi connectivity index (χ1n) is 7.06. The summed E-state index contributed by atoms with van der Waals surface area (Å²) in [4.78, 5) is 0. The Morgan fingerprint density at radius 2 is 2.19 bits per heavy atom. The first-order valence-corrected chi connectivity index (χ1v) is 7.44. The molecule has 0 unspecified atom stereocenters. The summed E-state index contributed by atoms with van der Waals surface area (Å²) in [6, 6.07) is 13.9. The zero-order valence-corrected chi connectivity index (χ0v) is 12.4. The summed E-state index contributed by atoms with van der Waals surface area (Å²) in [5, 5.41) is 16.2. The second-order valence-corrected chi connectivity index (χ2v) is 5.55. The van der Waals surface area contributed by atoms with Crippen molar-refractivity contribution in [1.29, 1.82) is 5.26 Å². The molecule has 106 valence electrons. The Bertz CT molecular complexity index is 704. The van der Waals surface area contributed by atoms with Crippen molar-refractivity contribution in [3.63, 3.8) is 0 Å². The molecule has 0 radical (unpaired) electrons. The van der Waals surface area contributed by atoms with E-state index in [-0.39, 0.29) is 0 Å². The van der Waals surface area contributed by atoms with Gasteiger partial charge in [-0.3, -0.25) is 0 Å². The number of nitrogens with zero attached hydrogens (tertiary/aromatic N) is 1. The van der Waals surface area contributed by atoms with Crippen LogP contribution in [0.4, 0.5) is 11.4 Å². The molecule has 0 saturated carbocycles. The maximum atomic E-state index is 8.89. The Balaban J connectivity index is 1.76. The maximum absolute atomic E-state index is 8.89. The lowest BCUT2D eigenvalue weighted by Gasteiger charge is -2.21. The average molecular weight is 298 g/mol. The van der Waals surface area contributed by atoms with Gasteiger partial charge in [0.05, 0.1) is 10.6 Å². The molecule has 21 heavy (non-hydrogen) atoms. The highest BCUT2D eigenvalue weighted by Crippen LogP contribution is 2.27. The molecule has 1 aliphatic heterocycles. The van der Waals surface area contributed by atoms with E-state index in [0.29, 0.717) is 10.6 Å². The molecule has 4 heteroatoms. The highest BCUT2D eigenvalue weighted by molar-refractivity contribution is 6.32. The number of rotatable bonds is 3. The van der Waals surface area contributed by atoms with Gasteiger partial charge >= 0.3 is 0 Å². The standard InChI is InChI=1S/C17H16ClN3/c18-16-9-15(7-6-13(16)10-19)21-11-14-4-1-3-12-5-2-8-20-17(12)14/h1,3-4,6-7,9,20-21H,2,5,8,11H2. The number of nitrogens with one attached hydrogen (secondary N) is 2. The minimum atomic E-state index is 0.482. The molecule has 1 aliphatic rings. The summed E-state index contributed by atoms with van der Waals surface area (Å²) in [5.41, 5.74) is 5.33. The van der Waals surface area contributed by atoms with E-state index in [1.807, 2.05) is 6.07 Å². The molecular formula is C17H16ClN3. The van der Waals surface area contributed by atoms with E-state index >= 15 is 0 Å². The van der Waals surface area contributed by atoms with Gasteiger partial charge in [0, 0.05) is 24.5 Å². The molecule has 1 heterocycles. The third-order valence-electron chi connectivity index (χ3n) is 3.73. The van der Waals surface area contributed by atoms with Crippen molar-refractivity contribution in [2.75, 3.05) is 17.2 Å². The number of hydrogen-bond donors (Lipinski definition) is 2. The van der Waals surface area contributed by atoms with Crippen molar-refractivity contribution < 1.29 is 0 Å². The van der Waals surface area contributed by atoms with Crippen LogP contribution >= 0.6 is 11.6 Å². The average Bonchev–Trinajstić information content (AvgIpc) is 2.53. The number of halogens is 1. The van der Waals surface area contributed by atoms with Gasteiger partial charge < -0.3 is 10.6 Å².